The molecular formula is C22H19FN2O7S. The second kappa shape index (κ2) is 7.44. The molecule has 0 saturated heterocycles. The summed E-state index contributed by atoms with van der Waals surface area (Å²) in [6.45, 7) is 0.752. The Morgan fingerprint density at radius 3 is 2.73 bits per heavy atom. The highest BCUT2D eigenvalue weighted by atomic mass is 32.2. The van der Waals surface area contributed by atoms with Gasteiger partial charge in [0.15, 0.2) is 15.9 Å². The zero-order valence-corrected chi connectivity index (χ0v) is 18.3. The van der Waals surface area contributed by atoms with Crippen molar-refractivity contribution in [3.05, 3.63) is 62.2 Å². The van der Waals surface area contributed by atoms with Crippen molar-refractivity contribution >= 4 is 26.7 Å². The lowest BCUT2D eigenvalue weighted by atomic mass is 9.98. The van der Waals surface area contributed by atoms with E-state index < -0.39 is 51.4 Å². The summed E-state index contributed by atoms with van der Waals surface area (Å²) < 4.78 is 45.8. The smallest absolute Gasteiger partial charge is 0.340 e. The van der Waals surface area contributed by atoms with Gasteiger partial charge >= 0.3 is 5.97 Å². The van der Waals surface area contributed by atoms with Crippen molar-refractivity contribution in [3.8, 4) is 11.4 Å². The minimum atomic E-state index is -3.71. The van der Waals surface area contributed by atoms with Crippen LogP contribution in [0.25, 0.3) is 22.3 Å². The molecule has 1 aromatic carbocycles. The van der Waals surface area contributed by atoms with E-state index in [1.54, 1.807) is 6.92 Å². The molecule has 33 heavy (non-hydrogen) atoms. The number of esters is 1. The van der Waals surface area contributed by atoms with E-state index in [9.17, 15) is 27.5 Å². The molecule has 9 nitrogen and oxygen atoms in total. The number of aliphatic hydroxyl groups is 2. The third kappa shape index (κ3) is 3.35. The van der Waals surface area contributed by atoms with E-state index >= 15 is 0 Å². The minimum absolute atomic E-state index is 0.0180. The van der Waals surface area contributed by atoms with Crippen LogP contribution in [0.3, 0.4) is 0 Å². The molecule has 0 bridgehead atoms. The van der Waals surface area contributed by atoms with E-state index in [0.717, 1.165) is 0 Å². The van der Waals surface area contributed by atoms with Crippen LogP contribution >= 0.6 is 0 Å². The van der Waals surface area contributed by atoms with Crippen molar-refractivity contribution in [2.24, 2.45) is 0 Å². The Hall–Kier alpha value is -3.15. The molecule has 0 amide bonds. The van der Waals surface area contributed by atoms with Crippen LogP contribution in [0.4, 0.5) is 4.39 Å². The number of nitrogens with zero attached hydrogens (tertiary/aromatic N) is 2. The van der Waals surface area contributed by atoms with Crippen LogP contribution in [0.1, 0.15) is 33.9 Å². The van der Waals surface area contributed by atoms with E-state index in [4.69, 9.17) is 9.84 Å². The first kappa shape index (κ1) is 21.7. The molecule has 3 aromatic rings. The molecule has 2 aliphatic rings. The quantitative estimate of drug-likeness (QED) is 0.416. The lowest BCUT2D eigenvalue weighted by Crippen LogP contribution is -2.32. The molecule has 11 heteroatoms. The van der Waals surface area contributed by atoms with Gasteiger partial charge in [-0.1, -0.05) is 0 Å². The van der Waals surface area contributed by atoms with Gasteiger partial charge in [-0.15, -0.1) is 0 Å². The summed E-state index contributed by atoms with van der Waals surface area (Å²) in [6, 6.07) is 4.20. The number of aryl methyl sites for hydroxylation is 1. The predicted molar refractivity (Wildman–Crippen MR) is 115 cm³/mol. The number of sulfone groups is 1. The fraction of sp³-hybridized carbons (Fsp3) is 0.318. The van der Waals surface area contributed by atoms with Gasteiger partial charge in [0.25, 0.3) is 5.56 Å². The molecule has 172 valence electrons. The van der Waals surface area contributed by atoms with Gasteiger partial charge < -0.3 is 19.5 Å². The number of hydrogen-bond acceptors (Lipinski definition) is 8. The summed E-state index contributed by atoms with van der Waals surface area (Å²) in [7, 11) is -3.71. The number of aliphatic hydroxyl groups excluding tert-OH is 2. The first-order chi connectivity index (χ1) is 15.6. The van der Waals surface area contributed by atoms with E-state index in [0.29, 0.717) is 27.8 Å². The second-order valence-corrected chi connectivity index (χ2v) is 10.4. The van der Waals surface area contributed by atoms with Crippen LogP contribution in [0.2, 0.25) is 0 Å². The SMILES string of the molecule is Cc1cc2c(CS(=O)(=O)CCO)c3c(nc2cc1F)-c1cc2c(c(=O)n1C3)COC(=O)C2O. The standard InChI is InChI=1S/C22H19FN2O7S/c1-10-4-11-15(9-33(30,31)3-2-26)13-7-25-18(19(13)24-17(11)6-16(10)23)5-12-14(21(25)28)8-32-22(29)20(12)27/h4-6,20,26-27H,2-3,7-9H2,1H3. The molecule has 0 radical (unpaired) electrons. The number of halogens is 1. The maximum Gasteiger partial charge on any atom is 0.340 e. The Labute approximate surface area is 187 Å². The number of carbonyl (C=O) groups excluding carboxylic acids is 1. The van der Waals surface area contributed by atoms with Crippen LogP contribution in [0.15, 0.2) is 23.0 Å². The zero-order valence-electron chi connectivity index (χ0n) is 17.5. The third-order valence-electron chi connectivity index (χ3n) is 6.12. The highest BCUT2D eigenvalue weighted by molar-refractivity contribution is 7.90. The average Bonchev–Trinajstić information content (AvgIpc) is 3.11. The fourth-order valence-electron chi connectivity index (χ4n) is 4.43. The van der Waals surface area contributed by atoms with Gasteiger partial charge in [-0.25, -0.2) is 22.6 Å². The molecule has 1 unspecified atom stereocenters. The third-order valence-corrected chi connectivity index (χ3v) is 7.65. The number of benzene rings is 1. The summed E-state index contributed by atoms with van der Waals surface area (Å²) in [4.78, 5) is 29.5. The zero-order chi connectivity index (χ0) is 23.7. The molecule has 0 saturated carbocycles. The molecule has 2 aliphatic heterocycles. The Morgan fingerprint density at radius 1 is 1.24 bits per heavy atom. The van der Waals surface area contributed by atoms with E-state index in [2.05, 4.69) is 4.98 Å². The van der Waals surface area contributed by atoms with Crippen LogP contribution in [0, 0.1) is 12.7 Å². The number of aromatic nitrogens is 2. The summed E-state index contributed by atoms with van der Waals surface area (Å²) in [6.07, 6.45) is -1.62. The average molecular weight is 474 g/mol. The van der Waals surface area contributed by atoms with Gasteiger partial charge in [0.05, 0.1) is 47.1 Å². The van der Waals surface area contributed by atoms with Crippen molar-refractivity contribution < 1.29 is 32.6 Å². The lowest BCUT2D eigenvalue weighted by molar-refractivity contribution is -0.157. The molecule has 4 heterocycles. The minimum Gasteiger partial charge on any atom is -0.458 e. The van der Waals surface area contributed by atoms with Crippen molar-refractivity contribution in [3.63, 3.8) is 0 Å². The largest absolute Gasteiger partial charge is 0.458 e. The monoisotopic (exact) mass is 474 g/mol. The number of hydrogen-bond donors (Lipinski definition) is 2. The second-order valence-electron chi connectivity index (χ2n) is 8.22. The topological polar surface area (TPSA) is 136 Å². The Balaban J connectivity index is 1.81. The number of carbonyl (C=O) groups is 1. The normalized spacial score (nSPS) is 17.0. The van der Waals surface area contributed by atoms with E-state index in [1.165, 1.54) is 22.8 Å². The van der Waals surface area contributed by atoms with Gasteiger partial charge in [0.1, 0.15) is 12.4 Å². The number of cyclic esters (lactones) is 1. The van der Waals surface area contributed by atoms with Gasteiger partial charge in [0, 0.05) is 22.6 Å². The van der Waals surface area contributed by atoms with Gasteiger partial charge in [-0.05, 0) is 30.2 Å². The van der Waals surface area contributed by atoms with Crippen molar-refractivity contribution in [2.75, 3.05) is 12.4 Å². The summed E-state index contributed by atoms with van der Waals surface area (Å²) >= 11 is 0. The lowest BCUT2D eigenvalue weighted by Gasteiger charge is -2.21. The Morgan fingerprint density at radius 2 is 2.00 bits per heavy atom. The highest BCUT2D eigenvalue weighted by Gasteiger charge is 2.35. The van der Waals surface area contributed by atoms with Crippen LogP contribution in [0.5, 0.6) is 0 Å². The summed E-state index contributed by atoms with van der Waals surface area (Å²) in [5, 5.41) is 19.8. The van der Waals surface area contributed by atoms with Crippen molar-refractivity contribution in [1.29, 1.82) is 0 Å². The number of ether oxygens (including phenoxy) is 1. The summed E-state index contributed by atoms with van der Waals surface area (Å²) in [5.74, 6) is -2.26. The number of pyridine rings is 2. The number of fused-ring (bicyclic) bond motifs is 5. The molecule has 0 aliphatic carbocycles. The molecule has 5 rings (SSSR count). The van der Waals surface area contributed by atoms with Crippen LogP contribution in [-0.2, 0) is 38.3 Å². The molecular weight excluding hydrogens is 455 g/mol. The van der Waals surface area contributed by atoms with Gasteiger partial charge in [-0.3, -0.25) is 4.79 Å². The Bertz CT molecular complexity index is 1530. The maximum atomic E-state index is 14.3. The predicted octanol–water partition coefficient (Wildman–Crippen LogP) is 0.870. The first-order valence-corrected chi connectivity index (χ1v) is 12.0. The molecule has 0 spiro atoms. The Kier molecular flexibility index (Phi) is 4.89. The van der Waals surface area contributed by atoms with Gasteiger partial charge in [-0.2, -0.15) is 0 Å². The molecule has 1 atom stereocenters. The fourth-order valence-corrected chi connectivity index (χ4v) is 5.63. The molecule has 0 fully saturated rings. The first-order valence-electron chi connectivity index (χ1n) is 10.2. The molecule has 2 N–H and O–H groups in total. The van der Waals surface area contributed by atoms with Gasteiger partial charge in [0.2, 0.25) is 0 Å². The van der Waals surface area contributed by atoms with E-state index in [1.807, 2.05) is 0 Å². The molecule has 2 aromatic heterocycles. The van der Waals surface area contributed by atoms with Crippen molar-refractivity contribution in [2.45, 2.75) is 31.9 Å². The van der Waals surface area contributed by atoms with Crippen LogP contribution < -0.4 is 5.56 Å². The van der Waals surface area contributed by atoms with E-state index in [-0.39, 0.29) is 35.5 Å². The summed E-state index contributed by atoms with van der Waals surface area (Å²) in [5.41, 5.74) is 1.73. The number of rotatable bonds is 4. The maximum absolute atomic E-state index is 14.3. The van der Waals surface area contributed by atoms with Crippen LogP contribution in [-0.4, -0.2) is 46.5 Å². The van der Waals surface area contributed by atoms with Crippen molar-refractivity contribution in [1.82, 2.24) is 9.55 Å². The highest BCUT2D eigenvalue weighted by Crippen LogP contribution is 2.39.